The number of hydrogen-bond donors (Lipinski definition) is 4. The molecule has 1 saturated carbocycles. The van der Waals surface area contributed by atoms with Crippen LogP contribution in [0.2, 0.25) is 5.02 Å². The van der Waals surface area contributed by atoms with Gasteiger partial charge in [-0.2, -0.15) is 0 Å². The summed E-state index contributed by atoms with van der Waals surface area (Å²) in [5.41, 5.74) is 7.01. The second kappa shape index (κ2) is 18.8. The van der Waals surface area contributed by atoms with Gasteiger partial charge in [0.05, 0.1) is 36.5 Å². The maximum absolute atomic E-state index is 10.6. The molecular formula is C44H60ClN3O6. The number of ether oxygens (including phenoxy) is 3. The molecule has 2 saturated heterocycles. The highest BCUT2D eigenvalue weighted by Gasteiger charge is 2.29. The summed E-state index contributed by atoms with van der Waals surface area (Å²) in [4.78, 5) is 4.71. The lowest BCUT2D eigenvalue weighted by molar-refractivity contribution is 0.0800. The van der Waals surface area contributed by atoms with E-state index in [4.69, 9.17) is 25.8 Å². The van der Waals surface area contributed by atoms with E-state index in [1.165, 1.54) is 22.3 Å². The van der Waals surface area contributed by atoms with Crippen molar-refractivity contribution in [1.29, 1.82) is 0 Å². The molecule has 4 N–H and O–H groups in total. The van der Waals surface area contributed by atoms with Crippen LogP contribution in [0.25, 0.3) is 11.1 Å². The molecule has 0 spiro atoms. The number of fused-ring (bicyclic) bond motifs is 1. The van der Waals surface area contributed by atoms with Crippen LogP contribution < -0.4 is 19.5 Å². The van der Waals surface area contributed by atoms with E-state index in [1.54, 1.807) is 0 Å². The predicted molar refractivity (Wildman–Crippen MR) is 214 cm³/mol. The third-order valence-electron chi connectivity index (χ3n) is 12.0. The summed E-state index contributed by atoms with van der Waals surface area (Å²) in [6, 6.07) is 16.8. The molecule has 2 heterocycles. The van der Waals surface area contributed by atoms with Crippen LogP contribution in [0, 0.1) is 6.92 Å². The van der Waals surface area contributed by atoms with Crippen molar-refractivity contribution in [2.24, 2.45) is 0 Å². The minimum atomic E-state index is -0.338. The molecular weight excluding hydrogens is 702 g/mol. The van der Waals surface area contributed by atoms with Crippen molar-refractivity contribution in [1.82, 2.24) is 15.1 Å². The van der Waals surface area contributed by atoms with E-state index in [0.717, 1.165) is 133 Å². The molecule has 294 valence electrons. The van der Waals surface area contributed by atoms with Crippen molar-refractivity contribution in [3.8, 4) is 28.4 Å². The van der Waals surface area contributed by atoms with Gasteiger partial charge in [-0.15, -0.1) is 0 Å². The molecule has 9 nitrogen and oxygen atoms in total. The molecule has 4 atom stereocenters. The number of piperidine rings is 1. The second-order valence-corrected chi connectivity index (χ2v) is 16.3. The number of likely N-dealkylation sites (tertiary alicyclic amines) is 2. The third kappa shape index (κ3) is 9.91. The van der Waals surface area contributed by atoms with E-state index < -0.39 is 0 Å². The molecule has 3 fully saturated rings. The fourth-order valence-electron chi connectivity index (χ4n) is 8.83. The van der Waals surface area contributed by atoms with E-state index in [9.17, 15) is 15.3 Å². The minimum Gasteiger partial charge on any atom is -0.493 e. The fraction of sp³-hybridized carbons (Fsp3) is 0.591. The lowest BCUT2D eigenvalue weighted by Gasteiger charge is -2.29. The van der Waals surface area contributed by atoms with Gasteiger partial charge in [0, 0.05) is 63.5 Å². The van der Waals surface area contributed by atoms with Crippen molar-refractivity contribution in [3.63, 3.8) is 0 Å². The summed E-state index contributed by atoms with van der Waals surface area (Å²) < 4.78 is 19.5. The Morgan fingerprint density at radius 2 is 1.46 bits per heavy atom. The lowest BCUT2D eigenvalue weighted by Crippen LogP contribution is -2.41. The van der Waals surface area contributed by atoms with Crippen LogP contribution in [-0.4, -0.2) is 102 Å². The van der Waals surface area contributed by atoms with Crippen LogP contribution in [0.3, 0.4) is 0 Å². The van der Waals surface area contributed by atoms with Crippen molar-refractivity contribution < 1.29 is 29.5 Å². The first-order valence-corrected chi connectivity index (χ1v) is 20.9. The van der Waals surface area contributed by atoms with Crippen LogP contribution in [0.1, 0.15) is 92.6 Å². The van der Waals surface area contributed by atoms with Crippen molar-refractivity contribution >= 4 is 11.6 Å². The molecule has 54 heavy (non-hydrogen) atoms. The Morgan fingerprint density at radius 3 is 2.24 bits per heavy atom. The lowest BCUT2D eigenvalue weighted by atomic mass is 9.92. The topological polar surface area (TPSA) is 107 Å². The Morgan fingerprint density at radius 1 is 0.759 bits per heavy atom. The highest BCUT2D eigenvalue weighted by molar-refractivity contribution is 6.32. The quantitative estimate of drug-likeness (QED) is 0.117. The monoisotopic (exact) mass is 761 g/mol. The van der Waals surface area contributed by atoms with Gasteiger partial charge >= 0.3 is 0 Å². The van der Waals surface area contributed by atoms with Gasteiger partial charge in [-0.1, -0.05) is 54.8 Å². The first-order chi connectivity index (χ1) is 26.3. The molecule has 3 aromatic rings. The number of benzene rings is 3. The number of halogens is 1. The molecule has 3 aromatic carbocycles. The zero-order valence-corrected chi connectivity index (χ0v) is 32.7. The summed E-state index contributed by atoms with van der Waals surface area (Å²) in [6.07, 6.45) is 9.26. The number of rotatable bonds is 16. The van der Waals surface area contributed by atoms with Gasteiger partial charge in [-0.05, 0) is 105 Å². The van der Waals surface area contributed by atoms with Crippen LogP contribution in [0.4, 0.5) is 0 Å². The van der Waals surface area contributed by atoms with E-state index in [1.807, 2.05) is 12.1 Å². The smallest absolute Gasteiger partial charge is 0.142 e. The number of hydrogen-bond acceptors (Lipinski definition) is 9. The number of nitrogens with one attached hydrogen (secondary N) is 1. The van der Waals surface area contributed by atoms with Gasteiger partial charge < -0.3 is 44.6 Å². The van der Waals surface area contributed by atoms with E-state index in [-0.39, 0.29) is 30.5 Å². The van der Waals surface area contributed by atoms with E-state index >= 15 is 0 Å². The number of β-amino-alcohol motifs (C(OH)–C–C–N with tert-alkyl or cyclic N) is 1. The molecule has 0 aromatic heterocycles. The zero-order chi connectivity index (χ0) is 37.4. The highest BCUT2D eigenvalue weighted by atomic mass is 35.5. The molecule has 2 aliphatic carbocycles. The summed E-state index contributed by atoms with van der Waals surface area (Å²) in [6.45, 7) is 9.37. The molecule has 10 heteroatoms. The van der Waals surface area contributed by atoms with Crippen molar-refractivity contribution in [2.75, 3.05) is 52.5 Å². The first kappa shape index (κ1) is 39.3. The van der Waals surface area contributed by atoms with Gasteiger partial charge in [0.25, 0.3) is 0 Å². The Hall–Kier alpha value is -2.89. The normalized spacial score (nSPS) is 23.8. The minimum absolute atomic E-state index is 0.0593. The van der Waals surface area contributed by atoms with Crippen LogP contribution in [-0.2, 0) is 13.0 Å². The predicted octanol–water partition coefficient (Wildman–Crippen LogP) is 6.84. The summed E-state index contributed by atoms with van der Waals surface area (Å²) in [5.74, 6) is 2.30. The number of nitrogens with zero attached hydrogens (tertiary/aromatic N) is 2. The summed E-state index contributed by atoms with van der Waals surface area (Å²) in [7, 11) is 0. The Kier molecular flexibility index (Phi) is 13.7. The van der Waals surface area contributed by atoms with E-state index in [0.29, 0.717) is 30.5 Å². The first-order valence-electron chi connectivity index (χ1n) is 20.5. The molecule has 7 rings (SSSR count). The Bertz CT molecular complexity index is 1680. The third-order valence-corrected chi connectivity index (χ3v) is 12.3. The van der Waals surface area contributed by atoms with Gasteiger partial charge in [0.15, 0.2) is 0 Å². The van der Waals surface area contributed by atoms with Crippen molar-refractivity contribution in [2.45, 2.75) is 115 Å². The maximum Gasteiger partial charge on any atom is 0.142 e. The van der Waals surface area contributed by atoms with E-state index in [2.05, 4.69) is 58.4 Å². The van der Waals surface area contributed by atoms with Gasteiger partial charge in [0.2, 0.25) is 0 Å². The summed E-state index contributed by atoms with van der Waals surface area (Å²) in [5, 5.41) is 34.5. The molecule has 2 aliphatic heterocycles. The Labute approximate surface area is 326 Å². The average molecular weight is 762 g/mol. The van der Waals surface area contributed by atoms with Crippen LogP contribution in [0.15, 0.2) is 48.5 Å². The molecule has 1 unspecified atom stereocenters. The van der Waals surface area contributed by atoms with Gasteiger partial charge in [-0.3, -0.25) is 0 Å². The fourth-order valence-corrected chi connectivity index (χ4v) is 9.07. The molecule has 0 bridgehead atoms. The molecule has 4 aliphatic rings. The average Bonchev–Trinajstić information content (AvgIpc) is 3.79. The standard InChI is InChI=1S/C44H60ClN3O6/c1-30-34(8-5-13-41(30)52-24-6-19-47-21-16-32(49)17-22-47)35-9-4-10-37-36(35)14-15-42(37)54-44-27-43(53-25-7-20-48-23-18-33(50)29-48)31(26-38(44)45)28-46-39-11-2-3-12-40(39)51/h4-5,8-10,13,26-27,32-33,39-40,42,46,49-51H,2-3,6-7,11-12,14-25,28-29H2,1H3/t33?,39-,40+,42+/m1/s1. The largest absolute Gasteiger partial charge is 0.493 e. The highest BCUT2D eigenvalue weighted by Crippen LogP contribution is 2.44. The SMILES string of the molecule is Cc1c(OCCCN2CCC(O)CC2)cccc1-c1cccc2c1CC[C@@H]2Oc1cc(OCCCN2CCC(O)C2)c(CN[C@@H]2CCCC[C@@H]2O)cc1Cl. The number of aliphatic hydroxyl groups excluding tert-OH is 3. The summed E-state index contributed by atoms with van der Waals surface area (Å²) >= 11 is 6.97. The van der Waals surface area contributed by atoms with Crippen LogP contribution >= 0.6 is 11.6 Å². The Balaban J connectivity index is 1.03. The maximum atomic E-state index is 10.6. The van der Waals surface area contributed by atoms with Gasteiger partial charge in [0.1, 0.15) is 23.4 Å². The second-order valence-electron chi connectivity index (χ2n) is 15.9. The zero-order valence-electron chi connectivity index (χ0n) is 32.0. The molecule has 0 radical (unpaired) electrons. The van der Waals surface area contributed by atoms with Gasteiger partial charge in [-0.25, -0.2) is 0 Å². The molecule has 0 amide bonds. The number of aliphatic hydroxyl groups is 3. The van der Waals surface area contributed by atoms with Crippen molar-refractivity contribution in [3.05, 3.63) is 75.8 Å². The van der Waals surface area contributed by atoms with Crippen LogP contribution in [0.5, 0.6) is 17.2 Å².